The molecule has 4 fully saturated rings. The molecule has 0 aromatic carbocycles. The van der Waals surface area contributed by atoms with Crippen molar-refractivity contribution in [2.75, 3.05) is 12.4 Å². The number of rotatable bonds is 8. The molecule has 9 atom stereocenters. The summed E-state index contributed by atoms with van der Waals surface area (Å²) in [4.78, 5) is 24.6. The predicted molar refractivity (Wildman–Crippen MR) is 132 cm³/mol. The zero-order valence-corrected chi connectivity index (χ0v) is 22.4. The molecule has 0 heterocycles. The zero-order valence-electron chi connectivity index (χ0n) is 21.6. The van der Waals surface area contributed by atoms with Crippen LogP contribution in [0.1, 0.15) is 91.4 Å². The first-order valence-electron chi connectivity index (χ1n) is 13.7. The first-order valence-corrected chi connectivity index (χ1v) is 15.3. The van der Waals surface area contributed by atoms with Crippen LogP contribution in [0.25, 0.3) is 0 Å². The number of fused-ring (bicyclic) bond motifs is 5. The maximum atomic E-state index is 12.4. The Kier molecular flexibility index (Phi) is 7.77. The van der Waals surface area contributed by atoms with Crippen molar-refractivity contribution in [1.29, 1.82) is 0 Å². The fourth-order valence-corrected chi connectivity index (χ4v) is 9.95. The van der Waals surface area contributed by atoms with Crippen molar-refractivity contribution in [1.82, 2.24) is 5.32 Å². The smallest absolute Gasteiger partial charge is 0.220 e. The number of aliphatic hydroxyl groups excluding tert-OH is 1. The molecule has 4 rings (SSSR count). The number of hydrogen-bond donors (Lipinski definition) is 2. The lowest BCUT2D eigenvalue weighted by molar-refractivity contribution is -0.140. The Morgan fingerprint density at radius 2 is 1.83 bits per heavy atom. The minimum Gasteiger partial charge on any atom is -0.748 e. The molecular weight excluding hydrogens is 466 g/mol. The van der Waals surface area contributed by atoms with Gasteiger partial charge in [0.1, 0.15) is 5.78 Å². The van der Waals surface area contributed by atoms with Crippen molar-refractivity contribution in [2.24, 2.45) is 46.3 Å². The van der Waals surface area contributed by atoms with Crippen molar-refractivity contribution in [3.05, 3.63) is 0 Å². The Morgan fingerprint density at radius 1 is 1.11 bits per heavy atom. The summed E-state index contributed by atoms with van der Waals surface area (Å²) in [5.74, 6) is 3.10. The van der Waals surface area contributed by atoms with Crippen molar-refractivity contribution in [2.45, 2.75) is 97.4 Å². The van der Waals surface area contributed by atoms with Crippen molar-refractivity contribution < 1.29 is 27.7 Å². The minimum atomic E-state index is -4.51. The molecule has 35 heavy (non-hydrogen) atoms. The van der Waals surface area contributed by atoms with E-state index in [1.807, 2.05) is 0 Å². The molecule has 8 heteroatoms. The average Bonchev–Trinajstić information content (AvgIpc) is 3.14. The Balaban J connectivity index is 1.36. The molecular formula is C27H44NO6S-. The topological polar surface area (TPSA) is 124 Å². The highest BCUT2D eigenvalue weighted by atomic mass is 32.2. The second-order valence-corrected chi connectivity index (χ2v) is 14.3. The Hall–Kier alpha value is -0.990. The lowest BCUT2D eigenvalue weighted by atomic mass is 9.44. The Morgan fingerprint density at radius 3 is 2.51 bits per heavy atom. The minimum absolute atomic E-state index is 0.271. The van der Waals surface area contributed by atoms with Crippen LogP contribution in [0.2, 0.25) is 0 Å². The molecule has 2 N–H and O–H groups in total. The largest absolute Gasteiger partial charge is 0.748 e. The molecule has 4 aliphatic carbocycles. The summed E-state index contributed by atoms with van der Waals surface area (Å²) in [5, 5.41) is 11.8. The number of hydrogen-bond acceptors (Lipinski definition) is 6. The highest BCUT2D eigenvalue weighted by molar-refractivity contribution is 7.85. The van der Waals surface area contributed by atoms with Gasteiger partial charge in [-0.3, -0.25) is 9.59 Å². The Bertz CT molecular complexity index is 921. The van der Waals surface area contributed by atoms with Crippen molar-refractivity contribution in [3.8, 4) is 0 Å². The van der Waals surface area contributed by atoms with E-state index in [1.165, 1.54) is 38.5 Å². The third-order valence-electron chi connectivity index (χ3n) is 11.1. The van der Waals surface area contributed by atoms with Gasteiger partial charge in [0.05, 0.1) is 28.5 Å². The lowest BCUT2D eigenvalue weighted by Crippen LogP contribution is -2.53. The van der Waals surface area contributed by atoms with Crippen molar-refractivity contribution in [3.63, 3.8) is 0 Å². The number of nitrogens with one attached hydrogen (secondary N) is 1. The van der Waals surface area contributed by atoms with Gasteiger partial charge in [-0.1, -0.05) is 20.8 Å². The van der Waals surface area contributed by atoms with Crippen LogP contribution in [-0.4, -0.2) is 48.2 Å². The van der Waals surface area contributed by atoms with Crippen LogP contribution in [0.15, 0.2) is 0 Å². The molecule has 0 aromatic heterocycles. The molecule has 0 saturated heterocycles. The van der Waals surface area contributed by atoms with Gasteiger partial charge in [0, 0.05) is 19.3 Å². The molecule has 7 nitrogen and oxygen atoms in total. The van der Waals surface area contributed by atoms with Gasteiger partial charge >= 0.3 is 0 Å². The Labute approximate surface area is 211 Å². The number of Topliss-reactive ketones (excluding diaryl/α,β-unsaturated/α-hetero) is 1. The molecule has 0 spiro atoms. The number of carbonyl (C=O) groups excluding carboxylic acids is 2. The van der Waals surface area contributed by atoms with Crippen LogP contribution in [0.3, 0.4) is 0 Å². The van der Waals surface area contributed by atoms with E-state index in [2.05, 4.69) is 26.1 Å². The van der Waals surface area contributed by atoms with E-state index < -0.39 is 28.5 Å². The summed E-state index contributed by atoms with van der Waals surface area (Å²) in [6, 6.07) is -1.05. The van der Waals surface area contributed by atoms with E-state index in [0.29, 0.717) is 29.0 Å². The number of amides is 1. The highest BCUT2D eigenvalue weighted by Gasteiger charge is 2.60. The summed E-state index contributed by atoms with van der Waals surface area (Å²) < 4.78 is 32.9. The summed E-state index contributed by atoms with van der Waals surface area (Å²) >= 11 is 0. The van der Waals surface area contributed by atoms with Crippen LogP contribution in [-0.2, 0) is 19.7 Å². The van der Waals surface area contributed by atoms with Gasteiger partial charge in [0.25, 0.3) is 0 Å². The summed E-state index contributed by atoms with van der Waals surface area (Å²) in [7, 11) is -4.51. The second kappa shape index (κ2) is 10.1. The van der Waals surface area contributed by atoms with Gasteiger partial charge in [0.15, 0.2) is 0 Å². The first kappa shape index (κ1) is 27.1. The van der Waals surface area contributed by atoms with E-state index >= 15 is 0 Å². The third-order valence-corrected chi connectivity index (χ3v) is 11.9. The molecule has 1 amide bonds. The van der Waals surface area contributed by atoms with Crippen LogP contribution in [0, 0.1) is 46.3 Å². The summed E-state index contributed by atoms with van der Waals surface area (Å²) in [6.45, 7) is 6.65. The van der Waals surface area contributed by atoms with Crippen LogP contribution in [0.4, 0.5) is 0 Å². The van der Waals surface area contributed by atoms with Gasteiger partial charge < -0.3 is 15.0 Å². The molecule has 4 aliphatic rings. The normalized spacial score (nSPS) is 40.8. The van der Waals surface area contributed by atoms with Gasteiger partial charge in [0.2, 0.25) is 5.91 Å². The van der Waals surface area contributed by atoms with Crippen LogP contribution < -0.4 is 5.32 Å². The average molecular weight is 511 g/mol. The molecule has 0 aliphatic heterocycles. The lowest BCUT2D eigenvalue weighted by Gasteiger charge is -2.60. The molecule has 200 valence electrons. The highest BCUT2D eigenvalue weighted by Crippen LogP contribution is 2.68. The van der Waals surface area contributed by atoms with Gasteiger partial charge in [-0.25, -0.2) is 8.42 Å². The zero-order chi connectivity index (χ0) is 25.6. The van der Waals surface area contributed by atoms with E-state index in [9.17, 15) is 27.7 Å². The number of aliphatic hydroxyl groups is 1. The number of carbonyl (C=O) groups is 2. The molecule has 4 saturated carbocycles. The van der Waals surface area contributed by atoms with Gasteiger partial charge in [-0.05, 0) is 97.7 Å². The van der Waals surface area contributed by atoms with Crippen LogP contribution in [0.5, 0.6) is 0 Å². The SMILES string of the molecule is C[C@H](CCC(=O)N[C@@H](CO)CS(=O)(=O)[O-])[C@H]1CC[C@H]2[C@@H]3CC[C@@H]4CC(=O)CC[C@]4(C)[C@H]3CC[C@]12C. The maximum Gasteiger partial charge on any atom is 0.220 e. The quantitative estimate of drug-likeness (QED) is 0.481. The standard InChI is InChI=1S/C27H45NO6S/c1-17(4-9-25(31)28-19(15-29)16-35(32,33)34)22-7-8-23-21-6-5-18-14-20(30)10-12-26(18,2)24(21)11-13-27(22,23)3/h17-19,21-24,29H,4-16H2,1-3H3,(H,28,31)(H,32,33,34)/p-1/t17-,18-,19+,21+,22-,23+,24+,26+,27-/m1/s1. The van der Waals surface area contributed by atoms with Gasteiger partial charge in [-0.15, -0.1) is 0 Å². The third kappa shape index (κ3) is 5.35. The number of ketones is 1. The van der Waals surface area contributed by atoms with Crippen molar-refractivity contribution >= 4 is 21.8 Å². The maximum absolute atomic E-state index is 12.4. The summed E-state index contributed by atoms with van der Waals surface area (Å²) in [5.41, 5.74) is 0.607. The van der Waals surface area contributed by atoms with E-state index in [0.717, 1.165) is 43.4 Å². The fourth-order valence-electron chi connectivity index (χ4n) is 9.27. The van der Waals surface area contributed by atoms with E-state index in [4.69, 9.17) is 0 Å². The summed E-state index contributed by atoms with van der Waals surface area (Å²) in [6.07, 6.45) is 11.0. The molecule has 0 bridgehead atoms. The van der Waals surface area contributed by atoms with Crippen LogP contribution >= 0.6 is 0 Å². The monoisotopic (exact) mass is 510 g/mol. The molecule has 0 radical (unpaired) electrons. The molecule has 0 aromatic rings. The molecule has 0 unspecified atom stereocenters. The second-order valence-electron chi connectivity index (χ2n) is 12.8. The first-order chi connectivity index (χ1) is 16.4. The predicted octanol–water partition coefficient (Wildman–Crippen LogP) is 3.65. The fraction of sp³-hybridized carbons (Fsp3) is 0.926. The van der Waals surface area contributed by atoms with E-state index in [1.54, 1.807) is 0 Å². The van der Waals surface area contributed by atoms with E-state index in [-0.39, 0.29) is 17.7 Å². The van der Waals surface area contributed by atoms with Gasteiger partial charge in [-0.2, -0.15) is 0 Å².